The molecule has 0 aliphatic carbocycles. The van der Waals surface area contributed by atoms with Gasteiger partial charge < -0.3 is 5.11 Å². The van der Waals surface area contributed by atoms with Crippen LogP contribution in [0.2, 0.25) is 0 Å². The highest BCUT2D eigenvalue weighted by atomic mass is 16.6. The zero-order valence-electron chi connectivity index (χ0n) is 12.9. The molecule has 124 valence electrons. The highest BCUT2D eigenvalue weighted by Crippen LogP contribution is 2.31. The number of rotatable bonds is 8. The molecule has 0 heterocycles. The van der Waals surface area contributed by atoms with Gasteiger partial charge in [0.25, 0.3) is 5.69 Å². The fraction of sp³-hybridized carbons (Fsp3) is 0.400. The number of carboxylic acid groups (broad SMARTS) is 1. The molecule has 1 unspecified atom stereocenters. The first-order chi connectivity index (χ1) is 10.8. The van der Waals surface area contributed by atoms with Crippen LogP contribution in [-0.4, -0.2) is 27.0 Å². The van der Waals surface area contributed by atoms with Gasteiger partial charge in [-0.3, -0.25) is 20.2 Å². The van der Waals surface area contributed by atoms with Gasteiger partial charge in [0.1, 0.15) is 0 Å². The third-order valence-corrected chi connectivity index (χ3v) is 3.56. The van der Waals surface area contributed by atoms with E-state index in [1.807, 2.05) is 6.92 Å². The lowest BCUT2D eigenvalue weighted by atomic mass is 9.93. The van der Waals surface area contributed by atoms with E-state index in [9.17, 15) is 30.1 Å². The van der Waals surface area contributed by atoms with Crippen molar-refractivity contribution in [1.82, 2.24) is 0 Å². The van der Waals surface area contributed by atoms with Crippen molar-refractivity contribution in [1.29, 1.82) is 0 Å². The van der Waals surface area contributed by atoms with Gasteiger partial charge in [0.2, 0.25) is 6.04 Å². The number of nitro benzene ring substituents is 1. The van der Waals surface area contributed by atoms with Crippen LogP contribution < -0.4 is 0 Å². The standard InChI is InChI=1S/C15H18N2O6/c1-3-4-8-12(16(20)21)10(2)14(15(18)19)11-7-5-6-9-13(11)17(22)23/h5-7,9,12H,3-4,8H2,1-2H3,(H,18,19). The van der Waals surface area contributed by atoms with Crippen molar-refractivity contribution in [3.05, 3.63) is 55.6 Å². The molecule has 0 amide bonds. The molecule has 23 heavy (non-hydrogen) atoms. The Hall–Kier alpha value is -2.77. The molecule has 1 aromatic rings. The first kappa shape index (κ1) is 18.3. The smallest absolute Gasteiger partial charge is 0.336 e. The number of carboxylic acids is 1. The van der Waals surface area contributed by atoms with Crippen molar-refractivity contribution in [3.63, 3.8) is 0 Å². The van der Waals surface area contributed by atoms with Crippen LogP contribution in [0.15, 0.2) is 29.8 Å². The van der Waals surface area contributed by atoms with Crippen LogP contribution in [0.4, 0.5) is 5.69 Å². The number of para-hydroxylation sites is 1. The Morgan fingerprint density at radius 1 is 1.26 bits per heavy atom. The number of nitro groups is 2. The number of hydrogen-bond acceptors (Lipinski definition) is 5. The summed E-state index contributed by atoms with van der Waals surface area (Å²) in [4.78, 5) is 32.8. The summed E-state index contributed by atoms with van der Waals surface area (Å²) in [5.41, 5.74) is -0.868. The Labute approximate surface area is 132 Å². The number of benzene rings is 1. The Morgan fingerprint density at radius 2 is 1.87 bits per heavy atom. The van der Waals surface area contributed by atoms with E-state index in [1.165, 1.54) is 31.2 Å². The molecule has 0 spiro atoms. The van der Waals surface area contributed by atoms with Gasteiger partial charge in [0.05, 0.1) is 16.1 Å². The molecule has 8 heteroatoms. The van der Waals surface area contributed by atoms with Crippen LogP contribution in [0, 0.1) is 20.2 Å². The van der Waals surface area contributed by atoms with E-state index < -0.39 is 21.9 Å². The van der Waals surface area contributed by atoms with Crippen molar-refractivity contribution in [2.75, 3.05) is 0 Å². The highest BCUT2D eigenvalue weighted by Gasteiger charge is 2.31. The van der Waals surface area contributed by atoms with Gasteiger partial charge in [-0.1, -0.05) is 25.5 Å². The normalized spacial score (nSPS) is 13.1. The van der Waals surface area contributed by atoms with Gasteiger partial charge in [-0.05, 0) is 19.4 Å². The van der Waals surface area contributed by atoms with E-state index >= 15 is 0 Å². The minimum Gasteiger partial charge on any atom is -0.478 e. The van der Waals surface area contributed by atoms with E-state index in [-0.39, 0.29) is 28.8 Å². The van der Waals surface area contributed by atoms with Crippen LogP contribution in [0.1, 0.15) is 38.7 Å². The zero-order chi connectivity index (χ0) is 17.6. The largest absolute Gasteiger partial charge is 0.478 e. The van der Waals surface area contributed by atoms with Crippen LogP contribution in [0.3, 0.4) is 0 Å². The van der Waals surface area contributed by atoms with Crippen molar-refractivity contribution in [2.45, 2.75) is 39.2 Å². The molecule has 8 nitrogen and oxygen atoms in total. The fourth-order valence-corrected chi connectivity index (χ4v) is 2.38. The molecule has 0 saturated heterocycles. The Balaban J connectivity index is 3.53. The van der Waals surface area contributed by atoms with Gasteiger partial charge in [-0.15, -0.1) is 0 Å². The molecular formula is C15H18N2O6. The van der Waals surface area contributed by atoms with Crippen LogP contribution in [0.5, 0.6) is 0 Å². The van der Waals surface area contributed by atoms with Crippen molar-refractivity contribution >= 4 is 17.2 Å². The predicted octanol–water partition coefficient (Wildman–Crippen LogP) is 3.29. The van der Waals surface area contributed by atoms with Gasteiger partial charge in [0, 0.05) is 23.0 Å². The Kier molecular flexibility index (Phi) is 6.37. The summed E-state index contributed by atoms with van der Waals surface area (Å²) >= 11 is 0. The molecule has 0 fully saturated rings. The molecule has 1 atom stereocenters. The molecule has 0 aliphatic heterocycles. The summed E-state index contributed by atoms with van der Waals surface area (Å²) in [7, 11) is 0. The van der Waals surface area contributed by atoms with Crippen molar-refractivity contribution in [2.24, 2.45) is 0 Å². The molecule has 0 radical (unpaired) electrons. The number of aliphatic carboxylic acids is 1. The molecule has 1 N–H and O–H groups in total. The predicted molar refractivity (Wildman–Crippen MR) is 83.6 cm³/mol. The van der Waals surface area contributed by atoms with Gasteiger partial charge >= 0.3 is 5.97 Å². The molecule has 0 saturated carbocycles. The summed E-state index contributed by atoms with van der Waals surface area (Å²) in [5.74, 6) is -1.42. The molecule has 1 rings (SSSR count). The minimum atomic E-state index is -1.42. The first-order valence-electron chi connectivity index (χ1n) is 7.12. The van der Waals surface area contributed by atoms with Gasteiger partial charge in [0.15, 0.2) is 0 Å². The molecule has 1 aromatic carbocycles. The summed E-state index contributed by atoms with van der Waals surface area (Å²) in [5, 5.41) is 31.8. The fourth-order valence-electron chi connectivity index (χ4n) is 2.38. The SMILES string of the molecule is CCCCC(C(C)=C(C(=O)O)c1ccccc1[N+](=O)[O-])[N+](=O)[O-]. The average Bonchev–Trinajstić information content (AvgIpc) is 2.47. The summed E-state index contributed by atoms with van der Waals surface area (Å²) in [6, 6.07) is 4.17. The number of carbonyl (C=O) groups is 1. The third-order valence-electron chi connectivity index (χ3n) is 3.56. The summed E-state index contributed by atoms with van der Waals surface area (Å²) in [6.45, 7) is 3.22. The second-order valence-electron chi connectivity index (χ2n) is 5.08. The minimum absolute atomic E-state index is 0.0188. The third kappa shape index (κ3) is 4.35. The number of hydrogen-bond donors (Lipinski definition) is 1. The van der Waals surface area contributed by atoms with E-state index in [0.717, 1.165) is 6.42 Å². The summed E-state index contributed by atoms with van der Waals surface area (Å²) in [6.07, 6.45) is 1.48. The van der Waals surface area contributed by atoms with E-state index in [0.29, 0.717) is 6.42 Å². The van der Waals surface area contributed by atoms with Crippen LogP contribution >= 0.6 is 0 Å². The van der Waals surface area contributed by atoms with E-state index in [2.05, 4.69) is 0 Å². The van der Waals surface area contributed by atoms with E-state index in [4.69, 9.17) is 0 Å². The second-order valence-corrected chi connectivity index (χ2v) is 5.08. The lowest BCUT2D eigenvalue weighted by molar-refractivity contribution is -0.512. The highest BCUT2D eigenvalue weighted by molar-refractivity contribution is 6.17. The molecule has 0 aliphatic rings. The summed E-state index contributed by atoms with van der Waals surface area (Å²) < 4.78 is 0. The monoisotopic (exact) mass is 322 g/mol. The quantitative estimate of drug-likeness (QED) is 0.445. The Morgan fingerprint density at radius 3 is 2.35 bits per heavy atom. The lowest BCUT2D eigenvalue weighted by Crippen LogP contribution is -2.23. The first-order valence-corrected chi connectivity index (χ1v) is 7.12. The molecule has 0 bridgehead atoms. The maximum absolute atomic E-state index is 11.6. The topological polar surface area (TPSA) is 124 Å². The van der Waals surface area contributed by atoms with Gasteiger partial charge in [-0.25, -0.2) is 4.79 Å². The van der Waals surface area contributed by atoms with Crippen LogP contribution in [-0.2, 0) is 4.79 Å². The van der Waals surface area contributed by atoms with Gasteiger partial charge in [-0.2, -0.15) is 0 Å². The van der Waals surface area contributed by atoms with E-state index in [1.54, 1.807) is 0 Å². The van der Waals surface area contributed by atoms with Crippen molar-refractivity contribution < 1.29 is 19.7 Å². The zero-order valence-corrected chi connectivity index (χ0v) is 12.9. The van der Waals surface area contributed by atoms with Crippen molar-refractivity contribution in [3.8, 4) is 0 Å². The Bertz CT molecular complexity index is 653. The maximum Gasteiger partial charge on any atom is 0.336 e. The second kappa shape index (κ2) is 8.02. The average molecular weight is 322 g/mol. The number of nitrogens with zero attached hydrogens (tertiary/aromatic N) is 2. The molecular weight excluding hydrogens is 304 g/mol. The lowest BCUT2D eigenvalue weighted by Gasteiger charge is -2.13. The van der Waals surface area contributed by atoms with Crippen LogP contribution in [0.25, 0.3) is 5.57 Å². The maximum atomic E-state index is 11.6. The number of unbranched alkanes of at least 4 members (excludes halogenated alkanes) is 1. The molecule has 0 aromatic heterocycles.